The van der Waals surface area contributed by atoms with Crippen molar-refractivity contribution in [1.82, 2.24) is 9.13 Å². The quantitative estimate of drug-likeness (QED) is 0.0829. The fourth-order valence-electron chi connectivity index (χ4n) is 20.0. The van der Waals surface area contributed by atoms with Crippen molar-refractivity contribution in [3.05, 3.63) is 467 Å². The van der Waals surface area contributed by atoms with Crippen LogP contribution in [0.4, 0.5) is 49.1 Å². The summed E-state index contributed by atoms with van der Waals surface area (Å²) in [6, 6.07) is 166. The van der Waals surface area contributed by atoms with Crippen molar-refractivity contribution in [2.24, 2.45) is 0 Å². The first kappa shape index (κ1) is 84.6. The van der Waals surface area contributed by atoms with Gasteiger partial charge in [0.05, 0.1) is 36.7 Å². The Balaban J connectivity index is 0.000000111. The standard InChI is InChI=1S/2C42H30N2O2S.C42H29NO2S/c1-4-12-29(13-5-1)30-20-22-33(23-21-30)43(42-40-39(45-26-27-46-40)41(47-42)31-14-6-2-7-15-31)34-24-25-38-36(28-34)35-18-10-11-19-37(35)44(38)32-16-8-3-9-17-32;1-3-11-29(12-4-1)30-19-21-32(22-20-30)43(42-40-39(45-27-28-46-40)41(47-42)31-13-5-2-6-14-31)33-23-25-34(26-24-33)44-37-17-9-7-15-35(37)36-16-8-10-18-38(36)44;1-3-11-28(12-4-1)29-19-21-31(22-20-29)43(42-40-39(44-25-26-45-40)41(46-42)30-13-5-2-6-14-30)32-23-24-37-35-17-8-7-15-33(35)34-16-9-10-18-36(34)38(37)27-32/h1-25,28H,26-27H2;1-26H,27-28H2;1-24,27H,25-26H2. The minimum Gasteiger partial charge on any atom is -0.485 e. The van der Waals surface area contributed by atoms with Crippen molar-refractivity contribution >= 4 is 159 Å². The summed E-state index contributed by atoms with van der Waals surface area (Å²) >= 11 is 5.13. The number of fused-ring (bicyclic) bond motifs is 15. The predicted molar refractivity (Wildman–Crippen MR) is 584 cm³/mol. The molecule has 0 unspecified atom stereocenters. The number of nitrogens with zero attached hydrogens (tertiary/aromatic N) is 5. The van der Waals surface area contributed by atoms with E-state index in [0.717, 1.165) is 126 Å². The molecule has 0 saturated heterocycles. The Labute approximate surface area is 822 Å². The van der Waals surface area contributed by atoms with Crippen LogP contribution in [0.1, 0.15) is 0 Å². The van der Waals surface area contributed by atoms with Gasteiger partial charge in [-0.25, -0.2) is 0 Å². The van der Waals surface area contributed by atoms with Gasteiger partial charge in [-0.15, -0.1) is 34.0 Å². The van der Waals surface area contributed by atoms with Gasteiger partial charge < -0.3 is 37.6 Å². The first-order valence-electron chi connectivity index (χ1n) is 47.3. The SMILES string of the molecule is c1ccc(-c2ccc(N(c3ccc(-n4c5ccccc5c5ccccc54)cc3)c3sc(-c4ccccc4)c4c3OCCO4)cc2)cc1.c1ccc(-c2ccc(N(c3ccc4c(c3)c3ccccc3n4-c3ccccc3)c3sc(-c4ccccc4)c4c3OCCO4)cc2)cc1.c1ccc(-c2ccc(N(c3ccc4c5ccccc5c5ccccc5c4c3)c3sc(-c4ccccc4)c4c3OCCO4)cc2)cc1. The van der Waals surface area contributed by atoms with Gasteiger partial charge in [-0.05, 0) is 204 Å². The van der Waals surface area contributed by atoms with Gasteiger partial charge in [-0.3, -0.25) is 14.7 Å². The second kappa shape index (κ2) is 37.2. The minimum absolute atomic E-state index is 0.509. The maximum absolute atomic E-state index is 6.43. The smallest absolute Gasteiger partial charge is 0.197 e. The first-order chi connectivity index (χ1) is 69.5. The molecule has 0 N–H and O–H groups in total. The summed E-state index contributed by atoms with van der Waals surface area (Å²) in [5, 5.41) is 15.4. The molecule has 5 aromatic heterocycles. The van der Waals surface area contributed by atoms with Crippen LogP contribution in [0.3, 0.4) is 0 Å². The third-order valence-corrected chi connectivity index (χ3v) is 30.0. The third-order valence-electron chi connectivity index (χ3n) is 26.4. The average molecular weight is 1870 g/mol. The summed E-state index contributed by atoms with van der Waals surface area (Å²) in [7, 11) is 0. The van der Waals surface area contributed by atoms with Gasteiger partial charge in [0, 0.05) is 67.0 Å². The maximum Gasteiger partial charge on any atom is 0.197 e. The van der Waals surface area contributed by atoms with Gasteiger partial charge in [0.1, 0.15) is 54.6 Å². The Hall–Kier alpha value is -17.1. The van der Waals surface area contributed by atoms with Gasteiger partial charge in [-0.1, -0.05) is 346 Å². The molecule has 19 aromatic carbocycles. The lowest BCUT2D eigenvalue weighted by Crippen LogP contribution is -2.17. The highest BCUT2D eigenvalue weighted by Gasteiger charge is 2.35. The third kappa shape index (κ3) is 15.7. The van der Waals surface area contributed by atoms with E-state index in [1.807, 2.05) is 18.2 Å². The van der Waals surface area contributed by atoms with Gasteiger partial charge in [-0.2, -0.15) is 0 Å². The molecular formula is C126H89N5O6S3. The van der Waals surface area contributed by atoms with Crippen LogP contribution >= 0.6 is 34.0 Å². The molecule has 0 aliphatic carbocycles. The molecule has 3 aliphatic heterocycles. The number of thiophene rings is 3. The fourth-order valence-corrected chi connectivity index (χ4v) is 23.7. The zero-order valence-corrected chi connectivity index (χ0v) is 78.6. The number of aromatic nitrogens is 2. The van der Waals surface area contributed by atoms with Crippen molar-refractivity contribution < 1.29 is 28.4 Å². The van der Waals surface area contributed by atoms with E-state index in [1.54, 1.807) is 34.0 Å². The fraction of sp³-hybridized carbons (Fsp3) is 0.0476. The minimum atomic E-state index is 0.509. The molecule has 0 bridgehead atoms. The molecular weight excluding hydrogens is 1780 g/mol. The normalized spacial score (nSPS) is 12.5. The highest BCUT2D eigenvalue weighted by molar-refractivity contribution is 7.21. The van der Waals surface area contributed by atoms with Crippen LogP contribution < -0.4 is 43.1 Å². The molecule has 14 heteroatoms. The summed E-state index contributed by atoms with van der Waals surface area (Å²) in [6.07, 6.45) is 0. The largest absolute Gasteiger partial charge is 0.485 e. The van der Waals surface area contributed by atoms with Gasteiger partial charge in [0.15, 0.2) is 34.5 Å². The van der Waals surface area contributed by atoms with Crippen molar-refractivity contribution in [3.63, 3.8) is 0 Å². The van der Waals surface area contributed by atoms with Gasteiger partial charge in [0.25, 0.3) is 0 Å². The van der Waals surface area contributed by atoms with Gasteiger partial charge >= 0.3 is 0 Å². The summed E-state index contributed by atoms with van der Waals surface area (Å²) < 4.78 is 42.9. The van der Waals surface area contributed by atoms with E-state index in [1.165, 1.54) is 109 Å². The summed E-state index contributed by atoms with van der Waals surface area (Å²) in [5.74, 6) is 4.83. The first-order valence-corrected chi connectivity index (χ1v) is 49.8. The van der Waals surface area contributed by atoms with Crippen molar-refractivity contribution in [2.75, 3.05) is 54.3 Å². The Morgan fingerprint density at radius 3 is 0.729 bits per heavy atom. The lowest BCUT2D eigenvalue weighted by Gasteiger charge is -2.27. The van der Waals surface area contributed by atoms with E-state index < -0.39 is 0 Å². The van der Waals surface area contributed by atoms with E-state index in [2.05, 4.69) is 473 Å². The molecule has 0 fully saturated rings. The Morgan fingerprint density at radius 2 is 0.386 bits per heavy atom. The molecule has 8 heterocycles. The molecule has 672 valence electrons. The summed E-state index contributed by atoms with van der Waals surface area (Å²) in [5.41, 5.74) is 23.8. The monoisotopic (exact) mass is 1860 g/mol. The lowest BCUT2D eigenvalue weighted by atomic mass is 9.94. The van der Waals surface area contributed by atoms with Gasteiger partial charge in [0.2, 0.25) is 0 Å². The van der Waals surface area contributed by atoms with E-state index in [-0.39, 0.29) is 0 Å². The molecule has 0 radical (unpaired) electrons. The second-order valence-electron chi connectivity index (χ2n) is 34.7. The topological polar surface area (TPSA) is 75.0 Å². The number of para-hydroxylation sites is 4. The van der Waals surface area contributed by atoms with E-state index in [0.29, 0.717) is 39.6 Å². The van der Waals surface area contributed by atoms with Crippen LogP contribution in [0, 0.1) is 0 Å². The lowest BCUT2D eigenvalue weighted by molar-refractivity contribution is 0.175. The number of rotatable bonds is 17. The summed E-state index contributed by atoms with van der Waals surface area (Å²) in [6.45, 7) is 3.12. The Morgan fingerprint density at radius 1 is 0.164 bits per heavy atom. The molecule has 0 saturated carbocycles. The van der Waals surface area contributed by atoms with Crippen LogP contribution in [-0.4, -0.2) is 48.8 Å². The molecule has 0 spiro atoms. The highest BCUT2D eigenvalue weighted by Crippen LogP contribution is 2.62. The average Bonchev–Trinajstić information content (AvgIpc) is 1.63. The molecule has 0 amide bonds. The second-order valence-corrected chi connectivity index (χ2v) is 37.7. The van der Waals surface area contributed by atoms with Crippen LogP contribution in [0.2, 0.25) is 0 Å². The van der Waals surface area contributed by atoms with Crippen molar-refractivity contribution in [3.8, 4) is 111 Å². The summed E-state index contributed by atoms with van der Waals surface area (Å²) in [4.78, 5) is 10.2. The van der Waals surface area contributed by atoms with Crippen molar-refractivity contribution in [2.45, 2.75) is 0 Å². The van der Waals surface area contributed by atoms with Crippen LogP contribution in [0.15, 0.2) is 467 Å². The van der Waals surface area contributed by atoms with Crippen LogP contribution in [-0.2, 0) is 0 Å². The zero-order valence-electron chi connectivity index (χ0n) is 76.1. The van der Waals surface area contributed by atoms with Crippen LogP contribution in [0.5, 0.6) is 34.5 Å². The molecule has 24 aromatic rings. The molecule has 0 atom stereocenters. The molecule has 11 nitrogen and oxygen atoms in total. The predicted octanol–water partition coefficient (Wildman–Crippen LogP) is 34.6. The highest BCUT2D eigenvalue weighted by atomic mass is 32.1. The number of ether oxygens (including phenoxy) is 6. The number of hydrogen-bond donors (Lipinski definition) is 0. The van der Waals surface area contributed by atoms with E-state index >= 15 is 0 Å². The van der Waals surface area contributed by atoms with Crippen LogP contribution in [0.25, 0.3) is 152 Å². The number of anilines is 9. The molecule has 140 heavy (non-hydrogen) atoms. The number of hydrogen-bond acceptors (Lipinski definition) is 12. The molecule has 27 rings (SSSR count). The number of benzene rings is 19. The zero-order chi connectivity index (χ0) is 92.8. The Kier molecular flexibility index (Phi) is 22.5. The van der Waals surface area contributed by atoms with E-state index in [9.17, 15) is 0 Å². The maximum atomic E-state index is 6.43. The van der Waals surface area contributed by atoms with Crippen molar-refractivity contribution in [1.29, 1.82) is 0 Å². The molecule has 3 aliphatic rings. The Bertz CT molecular complexity index is 8570. The van der Waals surface area contributed by atoms with E-state index in [4.69, 9.17) is 28.4 Å².